The van der Waals surface area contributed by atoms with Gasteiger partial charge in [-0.15, -0.1) is 0 Å². The minimum absolute atomic E-state index is 0.632. The van der Waals surface area contributed by atoms with Gasteiger partial charge in [-0.2, -0.15) is 0 Å². The van der Waals surface area contributed by atoms with Gasteiger partial charge in [0.25, 0.3) is 0 Å². The first-order valence-corrected chi connectivity index (χ1v) is 5.86. The molecule has 0 amide bonds. The van der Waals surface area contributed by atoms with E-state index in [1.807, 2.05) is 32.9 Å². The molecule has 0 unspecified atom stereocenters. The van der Waals surface area contributed by atoms with Crippen molar-refractivity contribution in [1.29, 1.82) is 0 Å². The van der Waals surface area contributed by atoms with Crippen LogP contribution in [0.15, 0.2) is 16.6 Å². The van der Waals surface area contributed by atoms with Crippen molar-refractivity contribution in [3.05, 3.63) is 27.7 Å². The highest BCUT2D eigenvalue weighted by Crippen LogP contribution is 2.27. The van der Waals surface area contributed by atoms with Crippen molar-refractivity contribution in [1.82, 2.24) is 0 Å². The molecule has 0 bridgehead atoms. The van der Waals surface area contributed by atoms with E-state index < -0.39 is 5.60 Å². The van der Waals surface area contributed by atoms with E-state index in [1.54, 1.807) is 0 Å². The number of benzene rings is 1. The highest BCUT2D eigenvalue weighted by Gasteiger charge is 2.14. The molecule has 3 N–H and O–H groups in total. The molecule has 0 atom stereocenters. The van der Waals surface area contributed by atoms with Crippen LogP contribution in [0.2, 0.25) is 0 Å². The number of halogens is 1. The van der Waals surface area contributed by atoms with Gasteiger partial charge in [0.05, 0.1) is 5.60 Å². The Bertz CT molecular complexity index is 355. The first-order chi connectivity index (χ1) is 6.81. The quantitative estimate of drug-likeness (QED) is 0.831. The predicted molar refractivity (Wildman–Crippen MR) is 67.9 cm³/mol. The maximum absolute atomic E-state index is 9.64. The van der Waals surface area contributed by atoms with E-state index in [-0.39, 0.29) is 0 Å². The van der Waals surface area contributed by atoms with Crippen molar-refractivity contribution < 1.29 is 5.11 Å². The second-order valence-corrected chi connectivity index (χ2v) is 5.41. The van der Waals surface area contributed by atoms with Gasteiger partial charge in [0, 0.05) is 10.2 Å². The summed E-state index contributed by atoms with van der Waals surface area (Å²) in [6.45, 7) is 5.62. The van der Waals surface area contributed by atoms with Crippen LogP contribution < -0.4 is 5.73 Å². The standard InChI is InChI=1S/C12H18BrNO/c1-8-10(13)5-4-9(11(8)14)6-7-12(2,3)15/h4-5,15H,6-7,14H2,1-3H3. The summed E-state index contributed by atoms with van der Waals surface area (Å²) in [5.41, 5.74) is 8.38. The van der Waals surface area contributed by atoms with E-state index in [9.17, 15) is 5.11 Å². The van der Waals surface area contributed by atoms with Gasteiger partial charge < -0.3 is 10.8 Å². The molecule has 0 aliphatic rings. The van der Waals surface area contributed by atoms with Gasteiger partial charge in [-0.05, 0) is 50.8 Å². The molecule has 0 aliphatic heterocycles. The lowest BCUT2D eigenvalue weighted by Crippen LogP contribution is -2.19. The van der Waals surface area contributed by atoms with Crippen LogP contribution in [0.5, 0.6) is 0 Å². The molecule has 0 spiro atoms. The molecule has 3 heteroatoms. The lowest BCUT2D eigenvalue weighted by atomic mass is 9.97. The molecule has 15 heavy (non-hydrogen) atoms. The van der Waals surface area contributed by atoms with Gasteiger partial charge in [-0.25, -0.2) is 0 Å². The molecule has 0 saturated heterocycles. The lowest BCUT2D eigenvalue weighted by Gasteiger charge is -2.18. The highest BCUT2D eigenvalue weighted by molar-refractivity contribution is 9.10. The summed E-state index contributed by atoms with van der Waals surface area (Å²) in [6, 6.07) is 4.02. The Kier molecular flexibility index (Phi) is 3.79. The van der Waals surface area contributed by atoms with Crippen molar-refractivity contribution in [2.75, 3.05) is 5.73 Å². The zero-order valence-corrected chi connectivity index (χ0v) is 11.1. The molecule has 1 aromatic carbocycles. The molecule has 1 aromatic rings. The SMILES string of the molecule is Cc1c(Br)ccc(CCC(C)(C)O)c1N. The molecular formula is C12H18BrNO. The molecule has 0 heterocycles. The third-order valence-electron chi connectivity index (χ3n) is 2.55. The van der Waals surface area contributed by atoms with Gasteiger partial charge in [-0.1, -0.05) is 22.0 Å². The largest absolute Gasteiger partial charge is 0.398 e. The zero-order valence-electron chi connectivity index (χ0n) is 9.47. The number of nitrogen functional groups attached to an aromatic ring is 1. The summed E-state index contributed by atoms with van der Waals surface area (Å²) in [5.74, 6) is 0. The fraction of sp³-hybridized carbons (Fsp3) is 0.500. The Morgan fingerprint density at radius 1 is 1.40 bits per heavy atom. The van der Waals surface area contributed by atoms with E-state index in [4.69, 9.17) is 5.73 Å². The van der Waals surface area contributed by atoms with Crippen molar-refractivity contribution in [2.24, 2.45) is 0 Å². The Morgan fingerprint density at radius 2 is 2.00 bits per heavy atom. The molecular weight excluding hydrogens is 254 g/mol. The van der Waals surface area contributed by atoms with E-state index in [1.165, 1.54) is 0 Å². The number of aryl methyl sites for hydroxylation is 1. The highest BCUT2D eigenvalue weighted by atomic mass is 79.9. The predicted octanol–water partition coefficient (Wildman–Crippen LogP) is 3.04. The van der Waals surface area contributed by atoms with Crippen molar-refractivity contribution in [3.63, 3.8) is 0 Å². The molecule has 1 rings (SSSR count). The van der Waals surface area contributed by atoms with Crippen LogP contribution in [0, 0.1) is 6.92 Å². The molecule has 0 aromatic heterocycles. The summed E-state index contributed by atoms with van der Waals surface area (Å²) < 4.78 is 1.03. The third kappa shape index (κ3) is 3.50. The maximum Gasteiger partial charge on any atom is 0.0595 e. The summed E-state index contributed by atoms with van der Waals surface area (Å²) in [5, 5.41) is 9.64. The average Bonchev–Trinajstić information content (AvgIpc) is 2.12. The maximum atomic E-state index is 9.64. The van der Waals surface area contributed by atoms with Crippen LogP contribution in [0.3, 0.4) is 0 Å². The Balaban J connectivity index is 2.83. The van der Waals surface area contributed by atoms with Gasteiger partial charge in [0.1, 0.15) is 0 Å². The van der Waals surface area contributed by atoms with Crippen LogP contribution in [0.1, 0.15) is 31.4 Å². The van der Waals surface area contributed by atoms with E-state index >= 15 is 0 Å². The number of nitrogens with two attached hydrogens (primary N) is 1. The first kappa shape index (κ1) is 12.5. The summed E-state index contributed by atoms with van der Waals surface area (Å²) >= 11 is 3.44. The van der Waals surface area contributed by atoms with Crippen molar-refractivity contribution >= 4 is 21.6 Å². The average molecular weight is 272 g/mol. The Morgan fingerprint density at radius 3 is 2.53 bits per heavy atom. The van der Waals surface area contributed by atoms with E-state index in [2.05, 4.69) is 15.9 Å². The van der Waals surface area contributed by atoms with Gasteiger partial charge in [0.2, 0.25) is 0 Å². The monoisotopic (exact) mass is 271 g/mol. The number of aliphatic hydroxyl groups is 1. The zero-order chi connectivity index (χ0) is 11.6. The molecule has 0 saturated carbocycles. The topological polar surface area (TPSA) is 46.2 Å². The second kappa shape index (κ2) is 4.54. The minimum atomic E-state index is -0.632. The number of anilines is 1. The number of hydrogen-bond donors (Lipinski definition) is 2. The summed E-state index contributed by atoms with van der Waals surface area (Å²) in [4.78, 5) is 0. The van der Waals surface area contributed by atoms with Crippen LogP contribution in [0.25, 0.3) is 0 Å². The van der Waals surface area contributed by atoms with Crippen LogP contribution >= 0.6 is 15.9 Å². The second-order valence-electron chi connectivity index (χ2n) is 4.56. The van der Waals surface area contributed by atoms with Crippen molar-refractivity contribution in [3.8, 4) is 0 Å². The normalized spacial score (nSPS) is 11.8. The van der Waals surface area contributed by atoms with Gasteiger partial charge in [-0.3, -0.25) is 0 Å². The molecule has 0 radical (unpaired) electrons. The summed E-state index contributed by atoms with van der Waals surface area (Å²) in [6.07, 6.45) is 1.53. The first-order valence-electron chi connectivity index (χ1n) is 5.07. The van der Waals surface area contributed by atoms with Crippen LogP contribution in [-0.2, 0) is 6.42 Å². The van der Waals surface area contributed by atoms with E-state index in [0.717, 1.165) is 34.1 Å². The van der Waals surface area contributed by atoms with E-state index in [0.29, 0.717) is 0 Å². The van der Waals surface area contributed by atoms with Crippen LogP contribution in [-0.4, -0.2) is 10.7 Å². The smallest absolute Gasteiger partial charge is 0.0595 e. The fourth-order valence-electron chi connectivity index (χ4n) is 1.42. The molecule has 2 nitrogen and oxygen atoms in total. The van der Waals surface area contributed by atoms with Gasteiger partial charge in [0.15, 0.2) is 0 Å². The molecule has 0 aliphatic carbocycles. The van der Waals surface area contributed by atoms with Crippen molar-refractivity contribution in [2.45, 2.75) is 39.2 Å². The Labute approximate surface area is 99.6 Å². The molecule has 84 valence electrons. The summed E-state index contributed by atoms with van der Waals surface area (Å²) in [7, 11) is 0. The molecule has 0 fully saturated rings. The van der Waals surface area contributed by atoms with Gasteiger partial charge >= 0.3 is 0 Å². The third-order valence-corrected chi connectivity index (χ3v) is 3.40. The lowest BCUT2D eigenvalue weighted by molar-refractivity contribution is 0.0714. The fourth-order valence-corrected chi connectivity index (χ4v) is 1.76. The number of hydrogen-bond acceptors (Lipinski definition) is 2. The minimum Gasteiger partial charge on any atom is -0.398 e. The van der Waals surface area contributed by atoms with Crippen LogP contribution in [0.4, 0.5) is 5.69 Å². The number of rotatable bonds is 3. The Hall–Kier alpha value is -0.540.